The second-order valence-corrected chi connectivity index (χ2v) is 3.99. The lowest BCUT2D eigenvalue weighted by atomic mass is 9.99. The first kappa shape index (κ1) is 14.8. The van der Waals surface area contributed by atoms with Crippen LogP contribution in [0.5, 0.6) is 11.5 Å². The van der Waals surface area contributed by atoms with Gasteiger partial charge in [-0.1, -0.05) is 0 Å². The zero-order valence-corrected chi connectivity index (χ0v) is 10.8. The minimum absolute atomic E-state index is 0.0149. The van der Waals surface area contributed by atoms with E-state index in [0.29, 0.717) is 17.9 Å². The quantitative estimate of drug-likeness (QED) is 0.726. The van der Waals surface area contributed by atoms with Gasteiger partial charge in [0.2, 0.25) is 0 Å². The van der Waals surface area contributed by atoms with E-state index < -0.39 is 17.9 Å². The van der Waals surface area contributed by atoms with E-state index in [1.807, 2.05) is 0 Å². The van der Waals surface area contributed by atoms with Crippen LogP contribution in [-0.2, 0) is 16.0 Å². The molecule has 0 heterocycles. The highest BCUT2D eigenvalue weighted by Gasteiger charge is 2.25. The summed E-state index contributed by atoms with van der Waals surface area (Å²) >= 11 is 0. The molecule has 1 aromatic rings. The van der Waals surface area contributed by atoms with Crippen LogP contribution in [0.3, 0.4) is 0 Å². The van der Waals surface area contributed by atoms with Crippen molar-refractivity contribution in [2.45, 2.75) is 12.8 Å². The van der Waals surface area contributed by atoms with E-state index in [9.17, 15) is 9.59 Å². The van der Waals surface area contributed by atoms with Crippen LogP contribution < -0.4 is 9.47 Å². The van der Waals surface area contributed by atoms with Gasteiger partial charge >= 0.3 is 11.9 Å². The summed E-state index contributed by atoms with van der Waals surface area (Å²) in [7, 11) is 3.02. The topological polar surface area (TPSA) is 93.1 Å². The molecule has 0 radical (unpaired) electrons. The Hall–Kier alpha value is -2.24. The zero-order valence-electron chi connectivity index (χ0n) is 10.8. The molecule has 104 valence electrons. The summed E-state index contributed by atoms with van der Waals surface area (Å²) in [5, 5.41) is 17.6. The minimum Gasteiger partial charge on any atom is -0.497 e. The number of carbonyl (C=O) groups is 2. The van der Waals surface area contributed by atoms with Gasteiger partial charge < -0.3 is 19.7 Å². The maximum atomic E-state index is 10.8. The highest BCUT2D eigenvalue weighted by atomic mass is 16.5. The summed E-state index contributed by atoms with van der Waals surface area (Å²) in [5.41, 5.74) is 0.767. The number of methoxy groups -OCH3 is 2. The van der Waals surface area contributed by atoms with Gasteiger partial charge in [-0.2, -0.15) is 0 Å². The van der Waals surface area contributed by atoms with Crippen LogP contribution in [0.25, 0.3) is 0 Å². The Bertz CT molecular complexity index is 432. The van der Waals surface area contributed by atoms with Crippen molar-refractivity contribution >= 4 is 11.9 Å². The van der Waals surface area contributed by atoms with E-state index in [4.69, 9.17) is 19.7 Å². The molecule has 0 unspecified atom stereocenters. The summed E-state index contributed by atoms with van der Waals surface area (Å²) in [6.45, 7) is 0. The van der Waals surface area contributed by atoms with Gasteiger partial charge in [-0.3, -0.25) is 9.59 Å². The van der Waals surface area contributed by atoms with Crippen molar-refractivity contribution in [1.82, 2.24) is 0 Å². The van der Waals surface area contributed by atoms with Gasteiger partial charge in [-0.05, 0) is 30.5 Å². The van der Waals surface area contributed by atoms with Crippen molar-refractivity contribution in [1.29, 1.82) is 0 Å². The first-order valence-corrected chi connectivity index (χ1v) is 5.65. The standard InChI is InChI=1S/C13H16O6/c1-18-9-5-8(6-10(7-9)19-2)3-4-11(12(14)15)13(16)17/h5-7,11H,3-4H2,1-2H3,(H,14,15)(H,16,17). The highest BCUT2D eigenvalue weighted by Crippen LogP contribution is 2.24. The molecular weight excluding hydrogens is 252 g/mol. The maximum absolute atomic E-state index is 10.8. The third kappa shape index (κ3) is 4.17. The van der Waals surface area contributed by atoms with Crippen LogP contribution in [-0.4, -0.2) is 36.4 Å². The lowest BCUT2D eigenvalue weighted by Gasteiger charge is -2.10. The molecule has 0 fully saturated rings. The molecule has 0 saturated carbocycles. The summed E-state index contributed by atoms with van der Waals surface area (Å²) in [6.07, 6.45) is 0.331. The van der Waals surface area contributed by atoms with Gasteiger partial charge in [-0.25, -0.2) is 0 Å². The maximum Gasteiger partial charge on any atom is 0.317 e. The predicted molar refractivity (Wildman–Crippen MR) is 66.6 cm³/mol. The van der Waals surface area contributed by atoms with Crippen LogP contribution in [0.2, 0.25) is 0 Å². The van der Waals surface area contributed by atoms with Crippen molar-refractivity contribution in [2.75, 3.05) is 14.2 Å². The minimum atomic E-state index is -1.41. The van der Waals surface area contributed by atoms with Crippen molar-refractivity contribution < 1.29 is 29.3 Å². The molecule has 0 aliphatic carbocycles. The molecule has 0 spiro atoms. The van der Waals surface area contributed by atoms with Gasteiger partial charge in [0.25, 0.3) is 0 Å². The molecule has 0 aromatic heterocycles. The summed E-state index contributed by atoms with van der Waals surface area (Å²) in [4.78, 5) is 21.6. The van der Waals surface area contributed by atoms with E-state index in [1.165, 1.54) is 14.2 Å². The monoisotopic (exact) mass is 268 g/mol. The Morgan fingerprint density at radius 3 is 1.89 bits per heavy atom. The summed E-state index contributed by atoms with van der Waals surface area (Å²) < 4.78 is 10.2. The van der Waals surface area contributed by atoms with E-state index in [2.05, 4.69) is 0 Å². The number of aryl methyl sites for hydroxylation is 1. The van der Waals surface area contributed by atoms with Crippen molar-refractivity contribution in [2.24, 2.45) is 5.92 Å². The predicted octanol–water partition coefficient (Wildman–Crippen LogP) is 1.42. The van der Waals surface area contributed by atoms with Crippen molar-refractivity contribution in [3.05, 3.63) is 23.8 Å². The molecule has 0 saturated heterocycles. The average molecular weight is 268 g/mol. The summed E-state index contributed by atoms with van der Waals surface area (Å²) in [5.74, 6) is -2.91. The van der Waals surface area contributed by atoms with Crippen LogP contribution in [0.4, 0.5) is 0 Å². The second-order valence-electron chi connectivity index (χ2n) is 3.99. The van der Waals surface area contributed by atoms with Gasteiger partial charge in [0, 0.05) is 6.07 Å². The van der Waals surface area contributed by atoms with E-state index >= 15 is 0 Å². The van der Waals surface area contributed by atoms with Crippen LogP contribution in [0.15, 0.2) is 18.2 Å². The largest absolute Gasteiger partial charge is 0.497 e. The molecule has 0 amide bonds. The fourth-order valence-electron chi connectivity index (χ4n) is 1.67. The molecule has 6 nitrogen and oxygen atoms in total. The number of carboxylic acid groups (broad SMARTS) is 2. The van der Waals surface area contributed by atoms with Crippen molar-refractivity contribution in [3.63, 3.8) is 0 Å². The molecule has 0 aliphatic rings. The normalized spacial score (nSPS) is 10.3. The number of aliphatic carboxylic acids is 2. The molecule has 0 aliphatic heterocycles. The fraction of sp³-hybridized carbons (Fsp3) is 0.385. The highest BCUT2D eigenvalue weighted by molar-refractivity contribution is 5.92. The number of carboxylic acids is 2. The first-order valence-electron chi connectivity index (χ1n) is 5.65. The lowest BCUT2D eigenvalue weighted by molar-refractivity contribution is -0.154. The zero-order chi connectivity index (χ0) is 14.4. The van der Waals surface area contributed by atoms with Gasteiger partial charge in [0.1, 0.15) is 11.5 Å². The molecular formula is C13H16O6. The number of hydrogen-bond donors (Lipinski definition) is 2. The Labute approximate surface area is 110 Å². The Kier molecular flexibility index (Phi) is 5.17. The Morgan fingerprint density at radius 2 is 1.53 bits per heavy atom. The third-order valence-corrected chi connectivity index (χ3v) is 2.73. The number of hydrogen-bond acceptors (Lipinski definition) is 4. The SMILES string of the molecule is COc1cc(CCC(C(=O)O)C(=O)O)cc(OC)c1. The van der Waals surface area contributed by atoms with Crippen molar-refractivity contribution in [3.8, 4) is 11.5 Å². The fourth-order valence-corrected chi connectivity index (χ4v) is 1.67. The van der Waals surface area contributed by atoms with E-state index in [-0.39, 0.29) is 6.42 Å². The first-order chi connectivity index (χ1) is 8.97. The number of benzene rings is 1. The van der Waals surface area contributed by atoms with E-state index in [1.54, 1.807) is 18.2 Å². The molecule has 1 rings (SSSR count). The molecule has 0 bridgehead atoms. The third-order valence-electron chi connectivity index (χ3n) is 2.73. The average Bonchev–Trinajstić information content (AvgIpc) is 2.37. The number of rotatable bonds is 7. The Morgan fingerprint density at radius 1 is 1.05 bits per heavy atom. The molecule has 6 heteroatoms. The van der Waals surface area contributed by atoms with Gasteiger partial charge in [-0.15, -0.1) is 0 Å². The van der Waals surface area contributed by atoms with Crippen LogP contribution in [0, 0.1) is 5.92 Å². The molecule has 1 aromatic carbocycles. The lowest BCUT2D eigenvalue weighted by Crippen LogP contribution is -2.23. The second kappa shape index (κ2) is 6.63. The number of ether oxygens (including phenoxy) is 2. The molecule has 0 atom stereocenters. The van der Waals surface area contributed by atoms with Crippen LogP contribution in [0.1, 0.15) is 12.0 Å². The van der Waals surface area contributed by atoms with Gasteiger partial charge in [0.15, 0.2) is 5.92 Å². The Balaban J connectivity index is 2.81. The molecule has 2 N–H and O–H groups in total. The van der Waals surface area contributed by atoms with E-state index in [0.717, 1.165) is 5.56 Å². The van der Waals surface area contributed by atoms with Gasteiger partial charge in [0.05, 0.1) is 14.2 Å². The summed E-state index contributed by atoms with van der Waals surface area (Å²) in [6, 6.07) is 5.14. The van der Waals surface area contributed by atoms with Crippen LogP contribution >= 0.6 is 0 Å². The molecule has 19 heavy (non-hydrogen) atoms. The smallest absolute Gasteiger partial charge is 0.317 e.